The Morgan fingerprint density at radius 3 is 3.00 bits per heavy atom. The molecular formula is C17H20N4O. The third-order valence-electron chi connectivity index (χ3n) is 3.98. The number of aromatic nitrogens is 3. The Morgan fingerprint density at radius 2 is 2.23 bits per heavy atom. The van der Waals surface area contributed by atoms with Gasteiger partial charge in [-0.1, -0.05) is 12.1 Å². The molecule has 0 aliphatic rings. The van der Waals surface area contributed by atoms with Gasteiger partial charge < -0.3 is 14.5 Å². The first-order valence-electron chi connectivity index (χ1n) is 7.46. The summed E-state index contributed by atoms with van der Waals surface area (Å²) in [5.41, 5.74) is 1.63. The Labute approximate surface area is 129 Å². The van der Waals surface area contributed by atoms with E-state index >= 15 is 0 Å². The predicted molar refractivity (Wildman–Crippen MR) is 86.8 cm³/mol. The van der Waals surface area contributed by atoms with Crippen molar-refractivity contribution in [1.82, 2.24) is 19.4 Å². The molecule has 22 heavy (non-hydrogen) atoms. The topological polar surface area (TPSA) is 53.9 Å². The number of rotatable bonds is 5. The molecule has 1 aromatic carbocycles. The molecule has 0 atom stereocenters. The molecule has 0 bridgehead atoms. The van der Waals surface area contributed by atoms with Gasteiger partial charge >= 0.3 is 0 Å². The number of hydrogen-bond acceptors (Lipinski definition) is 2. The first-order chi connectivity index (χ1) is 10.7. The fraction of sp³-hybridized carbons (Fsp3) is 0.294. The highest BCUT2D eigenvalue weighted by molar-refractivity contribution is 6.05. The zero-order valence-electron chi connectivity index (χ0n) is 12.9. The largest absolute Gasteiger partial charge is 0.361 e. The van der Waals surface area contributed by atoms with Crippen molar-refractivity contribution in [3.05, 3.63) is 54.2 Å². The van der Waals surface area contributed by atoms with Crippen LogP contribution in [0.15, 0.2) is 42.9 Å². The van der Waals surface area contributed by atoms with Crippen molar-refractivity contribution in [2.45, 2.75) is 19.9 Å². The van der Waals surface area contributed by atoms with E-state index in [-0.39, 0.29) is 5.91 Å². The smallest absolute Gasteiger partial charge is 0.255 e. The minimum absolute atomic E-state index is 0.0513. The summed E-state index contributed by atoms with van der Waals surface area (Å²) in [6, 6.07) is 7.78. The minimum atomic E-state index is 0.0513. The standard InChI is InChI=1S/C17H20N4O/c1-13-18-9-12-21(13)11-4-10-20(2)17(22)15-6-3-5-14-7-8-19-16(14)15/h3,5-9,12,19H,4,10-11H2,1-2H3. The fourth-order valence-electron chi connectivity index (χ4n) is 2.69. The summed E-state index contributed by atoms with van der Waals surface area (Å²) in [4.78, 5) is 21.7. The number of aryl methyl sites for hydroxylation is 2. The summed E-state index contributed by atoms with van der Waals surface area (Å²) in [5.74, 6) is 1.06. The first-order valence-corrected chi connectivity index (χ1v) is 7.46. The molecule has 114 valence electrons. The van der Waals surface area contributed by atoms with E-state index in [0.29, 0.717) is 6.54 Å². The quantitative estimate of drug-likeness (QED) is 0.787. The van der Waals surface area contributed by atoms with Crippen LogP contribution in [-0.2, 0) is 6.54 Å². The van der Waals surface area contributed by atoms with E-state index in [1.165, 1.54) is 0 Å². The Morgan fingerprint density at radius 1 is 1.36 bits per heavy atom. The zero-order valence-corrected chi connectivity index (χ0v) is 12.9. The van der Waals surface area contributed by atoms with Crippen LogP contribution in [0.3, 0.4) is 0 Å². The zero-order chi connectivity index (χ0) is 15.5. The first kappa shape index (κ1) is 14.4. The molecule has 1 amide bonds. The van der Waals surface area contributed by atoms with E-state index < -0.39 is 0 Å². The van der Waals surface area contributed by atoms with Crippen LogP contribution < -0.4 is 0 Å². The molecule has 0 saturated carbocycles. The number of aromatic amines is 1. The minimum Gasteiger partial charge on any atom is -0.361 e. The number of para-hydroxylation sites is 1. The SMILES string of the molecule is Cc1nccn1CCCN(C)C(=O)c1cccc2cc[nH]c12. The number of imidazole rings is 1. The van der Waals surface area contributed by atoms with Crippen molar-refractivity contribution in [3.8, 4) is 0 Å². The van der Waals surface area contributed by atoms with Gasteiger partial charge in [-0.2, -0.15) is 0 Å². The van der Waals surface area contributed by atoms with E-state index in [2.05, 4.69) is 14.5 Å². The van der Waals surface area contributed by atoms with Crippen LogP contribution in [0.4, 0.5) is 0 Å². The van der Waals surface area contributed by atoms with Crippen molar-refractivity contribution in [1.29, 1.82) is 0 Å². The molecule has 3 aromatic rings. The van der Waals surface area contributed by atoms with Crippen LogP contribution in [0.25, 0.3) is 10.9 Å². The van der Waals surface area contributed by atoms with Gasteiger partial charge in [0.2, 0.25) is 0 Å². The van der Waals surface area contributed by atoms with E-state index in [1.807, 2.05) is 50.6 Å². The molecular weight excluding hydrogens is 276 g/mol. The molecule has 0 fully saturated rings. The molecule has 0 aliphatic heterocycles. The van der Waals surface area contributed by atoms with Gasteiger partial charge in [0.1, 0.15) is 5.82 Å². The van der Waals surface area contributed by atoms with Gasteiger partial charge in [0.25, 0.3) is 5.91 Å². The number of H-pyrrole nitrogens is 1. The summed E-state index contributed by atoms with van der Waals surface area (Å²) in [7, 11) is 1.85. The van der Waals surface area contributed by atoms with Gasteiger partial charge in [0, 0.05) is 44.1 Å². The van der Waals surface area contributed by atoms with Gasteiger partial charge in [-0.15, -0.1) is 0 Å². The van der Waals surface area contributed by atoms with Crippen molar-refractivity contribution in [2.24, 2.45) is 0 Å². The third kappa shape index (κ3) is 2.74. The second-order valence-corrected chi connectivity index (χ2v) is 5.50. The van der Waals surface area contributed by atoms with E-state index in [9.17, 15) is 4.79 Å². The summed E-state index contributed by atoms with van der Waals surface area (Å²) in [6.45, 7) is 3.57. The van der Waals surface area contributed by atoms with Gasteiger partial charge in [-0.05, 0) is 25.5 Å². The highest BCUT2D eigenvalue weighted by Gasteiger charge is 2.15. The lowest BCUT2D eigenvalue weighted by Gasteiger charge is -2.18. The van der Waals surface area contributed by atoms with Crippen LogP contribution in [0, 0.1) is 6.92 Å². The highest BCUT2D eigenvalue weighted by atomic mass is 16.2. The number of fused-ring (bicyclic) bond motifs is 1. The highest BCUT2D eigenvalue weighted by Crippen LogP contribution is 2.18. The monoisotopic (exact) mass is 296 g/mol. The lowest BCUT2D eigenvalue weighted by atomic mass is 10.1. The van der Waals surface area contributed by atoms with Crippen LogP contribution in [0.5, 0.6) is 0 Å². The van der Waals surface area contributed by atoms with Crippen molar-refractivity contribution in [2.75, 3.05) is 13.6 Å². The van der Waals surface area contributed by atoms with E-state index in [1.54, 1.807) is 11.1 Å². The molecule has 5 nitrogen and oxygen atoms in total. The van der Waals surface area contributed by atoms with Gasteiger partial charge in [-0.25, -0.2) is 4.98 Å². The molecule has 5 heteroatoms. The van der Waals surface area contributed by atoms with Crippen LogP contribution in [-0.4, -0.2) is 38.9 Å². The molecule has 2 heterocycles. The van der Waals surface area contributed by atoms with E-state index in [4.69, 9.17) is 0 Å². The molecule has 3 rings (SSSR count). The molecule has 0 aliphatic carbocycles. The molecule has 0 radical (unpaired) electrons. The summed E-state index contributed by atoms with van der Waals surface area (Å²) >= 11 is 0. The van der Waals surface area contributed by atoms with E-state index in [0.717, 1.165) is 35.3 Å². The van der Waals surface area contributed by atoms with Crippen LogP contribution >= 0.6 is 0 Å². The number of nitrogens with one attached hydrogen (secondary N) is 1. The Bertz CT molecular complexity index is 787. The third-order valence-corrected chi connectivity index (χ3v) is 3.98. The maximum absolute atomic E-state index is 12.6. The maximum Gasteiger partial charge on any atom is 0.255 e. The van der Waals surface area contributed by atoms with Crippen LogP contribution in [0.2, 0.25) is 0 Å². The number of carbonyl (C=O) groups is 1. The summed E-state index contributed by atoms with van der Waals surface area (Å²) < 4.78 is 2.10. The second kappa shape index (κ2) is 6.05. The van der Waals surface area contributed by atoms with Crippen molar-refractivity contribution >= 4 is 16.8 Å². The number of carbonyl (C=O) groups excluding carboxylic acids is 1. The van der Waals surface area contributed by atoms with Gasteiger partial charge in [0.05, 0.1) is 11.1 Å². The lowest BCUT2D eigenvalue weighted by molar-refractivity contribution is 0.0793. The fourth-order valence-corrected chi connectivity index (χ4v) is 2.69. The Hall–Kier alpha value is -2.56. The number of benzene rings is 1. The van der Waals surface area contributed by atoms with Crippen LogP contribution in [0.1, 0.15) is 22.6 Å². The Balaban J connectivity index is 1.64. The molecule has 0 unspecified atom stereocenters. The number of amides is 1. The molecule has 0 spiro atoms. The normalized spacial score (nSPS) is 11.0. The molecule has 1 N–H and O–H groups in total. The molecule has 0 saturated heterocycles. The van der Waals surface area contributed by atoms with Crippen molar-refractivity contribution in [3.63, 3.8) is 0 Å². The maximum atomic E-state index is 12.6. The predicted octanol–water partition coefficient (Wildman–Crippen LogP) is 2.84. The average molecular weight is 296 g/mol. The second-order valence-electron chi connectivity index (χ2n) is 5.50. The number of nitrogens with zero attached hydrogens (tertiary/aromatic N) is 3. The lowest BCUT2D eigenvalue weighted by Crippen LogP contribution is -2.28. The summed E-state index contributed by atoms with van der Waals surface area (Å²) in [6.07, 6.45) is 6.54. The average Bonchev–Trinajstić information content (AvgIpc) is 3.15. The van der Waals surface area contributed by atoms with Crippen molar-refractivity contribution < 1.29 is 4.79 Å². The summed E-state index contributed by atoms with van der Waals surface area (Å²) in [5, 5.41) is 1.06. The van der Waals surface area contributed by atoms with Gasteiger partial charge in [-0.3, -0.25) is 4.79 Å². The molecule has 2 aromatic heterocycles. The Kier molecular flexibility index (Phi) is 3.96. The van der Waals surface area contributed by atoms with Gasteiger partial charge in [0.15, 0.2) is 0 Å². The number of hydrogen-bond donors (Lipinski definition) is 1.